The number of aromatic nitrogens is 1. The van der Waals surface area contributed by atoms with E-state index in [0.29, 0.717) is 0 Å². The van der Waals surface area contributed by atoms with Gasteiger partial charge >= 0.3 is 0 Å². The first-order valence-electron chi connectivity index (χ1n) is 7.41. The van der Waals surface area contributed by atoms with E-state index < -0.39 is 0 Å². The van der Waals surface area contributed by atoms with E-state index in [1.54, 1.807) is 0 Å². The first-order valence-corrected chi connectivity index (χ1v) is 7.41. The molecule has 2 nitrogen and oxygen atoms in total. The summed E-state index contributed by atoms with van der Waals surface area (Å²) < 4.78 is 0. The summed E-state index contributed by atoms with van der Waals surface area (Å²) in [7, 11) is 0. The SMILES string of the molecule is CCCCCCCC(N)c1cnc2ccccc2c1. The lowest BCUT2D eigenvalue weighted by atomic mass is 10.0. The minimum Gasteiger partial charge on any atom is -0.324 e. The molecule has 0 amide bonds. The maximum absolute atomic E-state index is 6.26. The fourth-order valence-corrected chi connectivity index (χ4v) is 2.43. The van der Waals surface area contributed by atoms with Gasteiger partial charge in [0.05, 0.1) is 5.52 Å². The first kappa shape index (κ1) is 14.0. The van der Waals surface area contributed by atoms with Crippen molar-refractivity contribution in [3.63, 3.8) is 0 Å². The lowest BCUT2D eigenvalue weighted by Gasteiger charge is -2.12. The van der Waals surface area contributed by atoms with E-state index >= 15 is 0 Å². The average molecular weight is 256 g/mol. The molecular formula is C17H24N2. The number of nitrogens with zero attached hydrogens (tertiary/aromatic N) is 1. The first-order chi connectivity index (χ1) is 9.31. The van der Waals surface area contributed by atoms with Crippen LogP contribution in [-0.2, 0) is 0 Å². The highest BCUT2D eigenvalue weighted by Crippen LogP contribution is 2.21. The Morgan fingerprint density at radius 2 is 1.89 bits per heavy atom. The Bertz CT molecular complexity index is 507. The molecule has 0 saturated carbocycles. The molecule has 0 fully saturated rings. The van der Waals surface area contributed by atoms with E-state index in [1.165, 1.54) is 37.5 Å². The van der Waals surface area contributed by atoms with Crippen molar-refractivity contribution in [1.29, 1.82) is 0 Å². The normalized spacial score (nSPS) is 12.7. The van der Waals surface area contributed by atoms with Crippen molar-refractivity contribution in [1.82, 2.24) is 4.98 Å². The summed E-state index contributed by atoms with van der Waals surface area (Å²) in [5.74, 6) is 0. The zero-order valence-electron chi connectivity index (χ0n) is 11.8. The third-order valence-corrected chi connectivity index (χ3v) is 3.66. The maximum atomic E-state index is 6.26. The van der Waals surface area contributed by atoms with Gasteiger partial charge < -0.3 is 5.73 Å². The zero-order chi connectivity index (χ0) is 13.5. The van der Waals surface area contributed by atoms with Crippen LogP contribution in [0.25, 0.3) is 10.9 Å². The molecule has 1 aromatic carbocycles. The summed E-state index contributed by atoms with van der Waals surface area (Å²) in [5, 5.41) is 1.18. The number of rotatable bonds is 7. The summed E-state index contributed by atoms with van der Waals surface area (Å²) in [6.45, 7) is 2.24. The van der Waals surface area contributed by atoms with Crippen LogP contribution in [0.15, 0.2) is 36.5 Å². The molecule has 1 unspecified atom stereocenters. The number of unbranched alkanes of at least 4 members (excludes halogenated alkanes) is 4. The summed E-state index contributed by atoms with van der Waals surface area (Å²) in [6.07, 6.45) is 9.46. The number of fused-ring (bicyclic) bond motifs is 1. The van der Waals surface area contributed by atoms with Gasteiger partial charge in [-0.15, -0.1) is 0 Å². The van der Waals surface area contributed by atoms with Gasteiger partial charge in [0.2, 0.25) is 0 Å². The van der Waals surface area contributed by atoms with Gasteiger partial charge in [-0.05, 0) is 24.1 Å². The van der Waals surface area contributed by atoms with E-state index in [-0.39, 0.29) is 6.04 Å². The minimum atomic E-state index is 0.124. The monoisotopic (exact) mass is 256 g/mol. The van der Waals surface area contributed by atoms with Gasteiger partial charge in [-0.3, -0.25) is 4.98 Å². The van der Waals surface area contributed by atoms with E-state index in [9.17, 15) is 0 Å². The highest BCUT2D eigenvalue weighted by atomic mass is 14.7. The topological polar surface area (TPSA) is 38.9 Å². The number of nitrogens with two attached hydrogens (primary N) is 1. The van der Waals surface area contributed by atoms with Crippen molar-refractivity contribution in [2.75, 3.05) is 0 Å². The average Bonchev–Trinajstić information content (AvgIpc) is 2.46. The predicted octanol–water partition coefficient (Wildman–Crippen LogP) is 4.60. The second-order valence-electron chi connectivity index (χ2n) is 5.27. The summed E-state index contributed by atoms with van der Waals surface area (Å²) >= 11 is 0. The van der Waals surface area contributed by atoms with Gasteiger partial charge in [0, 0.05) is 17.6 Å². The molecule has 0 aliphatic rings. The highest BCUT2D eigenvalue weighted by molar-refractivity contribution is 5.78. The molecule has 0 saturated heterocycles. The standard InChI is InChI=1S/C17H24N2/c1-2-3-4-5-6-10-16(18)15-12-14-9-7-8-11-17(14)19-13-15/h7-9,11-13,16H,2-6,10,18H2,1H3. The Hall–Kier alpha value is -1.41. The van der Waals surface area contributed by atoms with E-state index in [1.807, 2.05) is 24.4 Å². The van der Waals surface area contributed by atoms with Crippen molar-refractivity contribution in [3.8, 4) is 0 Å². The zero-order valence-corrected chi connectivity index (χ0v) is 11.8. The van der Waals surface area contributed by atoms with Gasteiger partial charge in [0.15, 0.2) is 0 Å². The van der Waals surface area contributed by atoms with Crippen LogP contribution in [-0.4, -0.2) is 4.98 Å². The molecule has 19 heavy (non-hydrogen) atoms. The molecule has 0 bridgehead atoms. The smallest absolute Gasteiger partial charge is 0.0702 e. The quantitative estimate of drug-likeness (QED) is 0.735. The molecule has 0 radical (unpaired) electrons. The Labute approximate surface area is 116 Å². The van der Waals surface area contributed by atoms with Crippen LogP contribution in [0.4, 0.5) is 0 Å². The molecular weight excluding hydrogens is 232 g/mol. The molecule has 1 aromatic heterocycles. The summed E-state index contributed by atoms with van der Waals surface area (Å²) in [6, 6.07) is 10.5. The van der Waals surface area contributed by atoms with Gasteiger partial charge in [-0.2, -0.15) is 0 Å². The van der Waals surface area contributed by atoms with Crippen LogP contribution in [0.1, 0.15) is 57.1 Å². The van der Waals surface area contributed by atoms with E-state index in [2.05, 4.69) is 24.0 Å². The number of pyridine rings is 1. The second kappa shape index (κ2) is 7.25. The Morgan fingerprint density at radius 3 is 2.74 bits per heavy atom. The van der Waals surface area contributed by atoms with Crippen molar-refractivity contribution in [2.24, 2.45) is 5.73 Å². The van der Waals surface area contributed by atoms with E-state index in [4.69, 9.17) is 5.73 Å². The fraction of sp³-hybridized carbons (Fsp3) is 0.471. The maximum Gasteiger partial charge on any atom is 0.0702 e. The molecule has 0 aliphatic heterocycles. The Morgan fingerprint density at radius 1 is 1.11 bits per heavy atom. The molecule has 2 N–H and O–H groups in total. The molecule has 2 heteroatoms. The lowest BCUT2D eigenvalue weighted by Crippen LogP contribution is -2.10. The Balaban J connectivity index is 1.91. The number of benzene rings is 1. The summed E-state index contributed by atoms with van der Waals surface area (Å²) in [4.78, 5) is 4.48. The van der Waals surface area contributed by atoms with Crippen molar-refractivity contribution in [3.05, 3.63) is 42.1 Å². The molecule has 0 aliphatic carbocycles. The van der Waals surface area contributed by atoms with Crippen molar-refractivity contribution < 1.29 is 0 Å². The largest absolute Gasteiger partial charge is 0.324 e. The molecule has 1 atom stereocenters. The van der Waals surface area contributed by atoms with Gasteiger partial charge in [-0.1, -0.05) is 57.2 Å². The third-order valence-electron chi connectivity index (χ3n) is 3.66. The fourth-order valence-electron chi connectivity index (χ4n) is 2.43. The van der Waals surface area contributed by atoms with Gasteiger partial charge in [0.1, 0.15) is 0 Å². The van der Waals surface area contributed by atoms with Crippen LogP contribution in [0.3, 0.4) is 0 Å². The number of hydrogen-bond donors (Lipinski definition) is 1. The highest BCUT2D eigenvalue weighted by Gasteiger charge is 2.07. The molecule has 1 heterocycles. The van der Waals surface area contributed by atoms with Gasteiger partial charge in [-0.25, -0.2) is 0 Å². The molecule has 2 rings (SSSR count). The van der Waals surface area contributed by atoms with E-state index in [0.717, 1.165) is 17.5 Å². The number of hydrogen-bond acceptors (Lipinski definition) is 2. The van der Waals surface area contributed by atoms with Crippen LogP contribution in [0.5, 0.6) is 0 Å². The number of para-hydroxylation sites is 1. The van der Waals surface area contributed by atoms with Crippen molar-refractivity contribution in [2.45, 2.75) is 51.5 Å². The van der Waals surface area contributed by atoms with Crippen molar-refractivity contribution >= 4 is 10.9 Å². The third kappa shape index (κ3) is 4.03. The van der Waals surface area contributed by atoms with Crippen LogP contribution < -0.4 is 5.73 Å². The van der Waals surface area contributed by atoms with Crippen LogP contribution >= 0.6 is 0 Å². The van der Waals surface area contributed by atoms with Crippen LogP contribution in [0, 0.1) is 0 Å². The van der Waals surface area contributed by atoms with Gasteiger partial charge in [0.25, 0.3) is 0 Å². The summed E-state index contributed by atoms with van der Waals surface area (Å²) in [5.41, 5.74) is 8.47. The second-order valence-corrected chi connectivity index (χ2v) is 5.27. The molecule has 102 valence electrons. The lowest BCUT2D eigenvalue weighted by molar-refractivity contribution is 0.555. The predicted molar refractivity (Wildman–Crippen MR) is 82.0 cm³/mol. The molecule has 2 aromatic rings. The minimum absolute atomic E-state index is 0.124. The molecule has 0 spiro atoms. The van der Waals surface area contributed by atoms with Crippen LogP contribution in [0.2, 0.25) is 0 Å². The Kier molecular flexibility index (Phi) is 5.34.